The first-order chi connectivity index (χ1) is 9.08. The van der Waals surface area contributed by atoms with Gasteiger partial charge in [0.05, 0.1) is 6.04 Å². The number of hydrogen-bond acceptors (Lipinski definition) is 2. The zero-order chi connectivity index (χ0) is 13.8. The van der Waals surface area contributed by atoms with Crippen molar-refractivity contribution in [2.45, 2.75) is 38.8 Å². The van der Waals surface area contributed by atoms with E-state index in [1.165, 1.54) is 5.56 Å². The Morgan fingerprint density at radius 1 is 1.21 bits per heavy atom. The molecule has 4 heteroatoms. The minimum absolute atomic E-state index is 0.128. The van der Waals surface area contributed by atoms with Crippen molar-refractivity contribution in [3.05, 3.63) is 34.3 Å². The van der Waals surface area contributed by atoms with Crippen molar-refractivity contribution in [3.63, 3.8) is 0 Å². The second kappa shape index (κ2) is 6.53. The van der Waals surface area contributed by atoms with Crippen molar-refractivity contribution in [2.24, 2.45) is 0 Å². The van der Waals surface area contributed by atoms with E-state index in [0.717, 1.165) is 30.4 Å². The number of carbonyl (C=O) groups is 1. The molecular weight excluding hydrogens is 304 g/mol. The average molecular weight is 325 g/mol. The minimum Gasteiger partial charge on any atom is -0.341 e. The minimum atomic E-state index is -0.128. The quantitative estimate of drug-likeness (QED) is 0.922. The lowest BCUT2D eigenvalue weighted by atomic mass is 10.1. The van der Waals surface area contributed by atoms with Gasteiger partial charge < -0.3 is 4.90 Å². The van der Waals surface area contributed by atoms with Gasteiger partial charge in [0, 0.05) is 23.6 Å². The van der Waals surface area contributed by atoms with Gasteiger partial charge in [-0.3, -0.25) is 10.1 Å². The van der Waals surface area contributed by atoms with E-state index < -0.39 is 0 Å². The van der Waals surface area contributed by atoms with Gasteiger partial charge in [-0.05, 0) is 44.4 Å². The van der Waals surface area contributed by atoms with Gasteiger partial charge in [0.15, 0.2) is 0 Å². The Balaban J connectivity index is 1.92. The van der Waals surface area contributed by atoms with Crippen molar-refractivity contribution in [1.82, 2.24) is 10.2 Å². The highest BCUT2D eigenvalue weighted by molar-refractivity contribution is 9.10. The first-order valence-corrected chi connectivity index (χ1v) is 7.67. The van der Waals surface area contributed by atoms with E-state index in [0.29, 0.717) is 0 Å². The summed E-state index contributed by atoms with van der Waals surface area (Å²) in [5, 5.41) is 3.39. The zero-order valence-corrected chi connectivity index (χ0v) is 13.1. The van der Waals surface area contributed by atoms with Crippen LogP contribution >= 0.6 is 15.9 Å². The van der Waals surface area contributed by atoms with Crippen molar-refractivity contribution in [1.29, 1.82) is 0 Å². The van der Waals surface area contributed by atoms with Crippen LogP contribution in [0.3, 0.4) is 0 Å². The lowest BCUT2D eigenvalue weighted by Gasteiger charge is -2.24. The standard InChI is InChI=1S/C15H21BrN2O/c1-11(13-5-7-14(16)8-6-13)17-12(2)15(19)18-9-3-4-10-18/h5-8,11-12,17H,3-4,9-10H2,1-2H3/t11-,12?/m1/s1. The Morgan fingerprint density at radius 3 is 2.37 bits per heavy atom. The van der Waals surface area contributed by atoms with Crippen molar-refractivity contribution in [3.8, 4) is 0 Å². The Morgan fingerprint density at radius 2 is 1.79 bits per heavy atom. The van der Waals surface area contributed by atoms with Gasteiger partial charge in [-0.25, -0.2) is 0 Å². The summed E-state index contributed by atoms with van der Waals surface area (Å²) < 4.78 is 1.07. The maximum absolute atomic E-state index is 12.2. The SMILES string of the molecule is CC(N[C@H](C)c1ccc(Br)cc1)C(=O)N1CCCC1. The summed E-state index contributed by atoms with van der Waals surface area (Å²) in [4.78, 5) is 14.2. The Labute approximate surface area is 123 Å². The average Bonchev–Trinajstić information content (AvgIpc) is 2.92. The summed E-state index contributed by atoms with van der Waals surface area (Å²) in [5.74, 6) is 0.224. The Hall–Kier alpha value is -0.870. The van der Waals surface area contributed by atoms with E-state index in [9.17, 15) is 4.79 Å². The van der Waals surface area contributed by atoms with Crippen LogP contribution < -0.4 is 5.32 Å². The molecule has 1 fully saturated rings. The number of amides is 1. The molecule has 0 bridgehead atoms. The van der Waals surface area contributed by atoms with E-state index in [1.807, 2.05) is 24.0 Å². The monoisotopic (exact) mass is 324 g/mol. The van der Waals surface area contributed by atoms with Gasteiger partial charge in [0.25, 0.3) is 0 Å². The molecule has 1 amide bonds. The number of rotatable bonds is 4. The van der Waals surface area contributed by atoms with Gasteiger partial charge >= 0.3 is 0 Å². The molecule has 1 N–H and O–H groups in total. The predicted molar refractivity (Wildman–Crippen MR) is 81.0 cm³/mol. The normalized spacial score (nSPS) is 18.4. The van der Waals surface area contributed by atoms with E-state index in [2.05, 4.69) is 40.3 Å². The molecule has 1 aromatic carbocycles. The van der Waals surface area contributed by atoms with Gasteiger partial charge in [0.1, 0.15) is 0 Å². The number of nitrogens with zero attached hydrogens (tertiary/aromatic N) is 1. The van der Waals surface area contributed by atoms with Crippen molar-refractivity contribution in [2.75, 3.05) is 13.1 Å². The van der Waals surface area contributed by atoms with Crippen LogP contribution in [0.1, 0.15) is 38.3 Å². The molecule has 0 radical (unpaired) electrons. The summed E-state index contributed by atoms with van der Waals surface area (Å²) in [7, 11) is 0. The molecule has 0 saturated carbocycles. The third-order valence-electron chi connectivity index (χ3n) is 3.66. The Bertz CT molecular complexity index is 426. The summed E-state index contributed by atoms with van der Waals surface area (Å²) >= 11 is 3.43. The van der Waals surface area contributed by atoms with Crippen LogP contribution in [-0.4, -0.2) is 29.9 Å². The molecule has 1 saturated heterocycles. The molecule has 1 heterocycles. The number of halogens is 1. The molecule has 3 nitrogen and oxygen atoms in total. The number of likely N-dealkylation sites (tertiary alicyclic amines) is 1. The molecule has 1 aromatic rings. The van der Waals surface area contributed by atoms with Gasteiger partial charge in [0.2, 0.25) is 5.91 Å². The highest BCUT2D eigenvalue weighted by atomic mass is 79.9. The van der Waals surface area contributed by atoms with Crippen LogP contribution in [0.15, 0.2) is 28.7 Å². The molecule has 1 unspecified atom stereocenters. The van der Waals surface area contributed by atoms with Crippen LogP contribution in [-0.2, 0) is 4.79 Å². The topological polar surface area (TPSA) is 32.3 Å². The van der Waals surface area contributed by atoms with Gasteiger partial charge in [-0.2, -0.15) is 0 Å². The fourth-order valence-corrected chi connectivity index (χ4v) is 2.77. The smallest absolute Gasteiger partial charge is 0.239 e. The Kier molecular flexibility index (Phi) is 4.99. The molecule has 104 valence electrons. The summed E-state index contributed by atoms with van der Waals surface area (Å²) in [6, 6.07) is 8.26. The molecule has 1 aliphatic rings. The van der Waals surface area contributed by atoms with Crippen LogP contribution in [0.4, 0.5) is 0 Å². The number of hydrogen-bond donors (Lipinski definition) is 1. The summed E-state index contributed by atoms with van der Waals surface area (Å²) in [5.41, 5.74) is 1.20. The second-order valence-electron chi connectivity index (χ2n) is 5.19. The lowest BCUT2D eigenvalue weighted by molar-refractivity contribution is -0.132. The van der Waals surface area contributed by atoms with Crippen molar-refractivity contribution >= 4 is 21.8 Å². The first-order valence-electron chi connectivity index (χ1n) is 6.88. The van der Waals surface area contributed by atoms with E-state index in [1.54, 1.807) is 0 Å². The highest BCUT2D eigenvalue weighted by Gasteiger charge is 2.24. The third kappa shape index (κ3) is 3.80. The fourth-order valence-electron chi connectivity index (χ4n) is 2.51. The molecular formula is C15H21BrN2O. The van der Waals surface area contributed by atoms with Gasteiger partial charge in [-0.1, -0.05) is 28.1 Å². The zero-order valence-electron chi connectivity index (χ0n) is 11.5. The molecule has 0 spiro atoms. The van der Waals surface area contributed by atoms with Crippen LogP contribution in [0, 0.1) is 0 Å². The van der Waals surface area contributed by atoms with E-state index >= 15 is 0 Å². The lowest BCUT2D eigenvalue weighted by Crippen LogP contribution is -2.44. The molecule has 0 aliphatic carbocycles. The molecule has 0 aromatic heterocycles. The third-order valence-corrected chi connectivity index (χ3v) is 4.19. The van der Waals surface area contributed by atoms with Crippen LogP contribution in [0.5, 0.6) is 0 Å². The largest absolute Gasteiger partial charge is 0.341 e. The van der Waals surface area contributed by atoms with E-state index in [4.69, 9.17) is 0 Å². The molecule has 1 aliphatic heterocycles. The number of carbonyl (C=O) groups excluding carboxylic acids is 1. The first kappa shape index (κ1) is 14.5. The number of nitrogens with one attached hydrogen (secondary N) is 1. The predicted octanol–water partition coefficient (Wildman–Crippen LogP) is 3.11. The summed E-state index contributed by atoms with van der Waals surface area (Å²) in [6.45, 7) is 5.88. The van der Waals surface area contributed by atoms with Gasteiger partial charge in [-0.15, -0.1) is 0 Å². The fraction of sp³-hybridized carbons (Fsp3) is 0.533. The molecule has 2 atom stereocenters. The maximum atomic E-state index is 12.2. The van der Waals surface area contributed by atoms with E-state index in [-0.39, 0.29) is 18.0 Å². The summed E-state index contributed by atoms with van der Waals surface area (Å²) in [6.07, 6.45) is 2.28. The highest BCUT2D eigenvalue weighted by Crippen LogP contribution is 2.17. The second-order valence-corrected chi connectivity index (χ2v) is 6.11. The molecule has 19 heavy (non-hydrogen) atoms. The maximum Gasteiger partial charge on any atom is 0.239 e. The van der Waals surface area contributed by atoms with Crippen LogP contribution in [0.25, 0.3) is 0 Å². The number of benzene rings is 1. The molecule has 2 rings (SSSR count). The van der Waals surface area contributed by atoms with Crippen molar-refractivity contribution < 1.29 is 4.79 Å². The van der Waals surface area contributed by atoms with Crippen LogP contribution in [0.2, 0.25) is 0 Å².